The maximum absolute atomic E-state index is 13.0. The van der Waals surface area contributed by atoms with Crippen LogP contribution in [0.2, 0.25) is 0 Å². The van der Waals surface area contributed by atoms with Crippen LogP contribution in [0, 0.1) is 18.3 Å². The number of carbonyl (C=O) groups is 1. The second kappa shape index (κ2) is 7.16. The normalized spacial score (nSPS) is 13.1. The van der Waals surface area contributed by atoms with Crippen molar-refractivity contribution >= 4 is 16.8 Å². The molecule has 3 heterocycles. The lowest BCUT2D eigenvalue weighted by molar-refractivity contribution is 0.0734. The number of nitrogens with zero attached hydrogens (tertiary/aromatic N) is 3. The van der Waals surface area contributed by atoms with Crippen molar-refractivity contribution in [1.29, 1.82) is 5.26 Å². The fraction of sp³-hybridized carbons (Fsp3) is 0.160. The molecule has 30 heavy (non-hydrogen) atoms. The van der Waals surface area contributed by atoms with Gasteiger partial charge in [0.05, 0.1) is 17.2 Å². The van der Waals surface area contributed by atoms with E-state index >= 15 is 0 Å². The van der Waals surface area contributed by atoms with Gasteiger partial charge in [0, 0.05) is 53.6 Å². The Labute approximate surface area is 174 Å². The molecule has 0 unspecified atom stereocenters. The first-order chi connectivity index (χ1) is 14.6. The number of rotatable bonds is 2. The van der Waals surface area contributed by atoms with Crippen molar-refractivity contribution in [2.45, 2.75) is 19.9 Å². The molecule has 0 spiro atoms. The van der Waals surface area contributed by atoms with Crippen LogP contribution >= 0.6 is 0 Å². The monoisotopic (exact) mass is 392 g/mol. The van der Waals surface area contributed by atoms with E-state index < -0.39 is 0 Å². The van der Waals surface area contributed by atoms with Gasteiger partial charge in [0.15, 0.2) is 0 Å². The minimum Gasteiger partial charge on any atom is -0.358 e. The van der Waals surface area contributed by atoms with E-state index in [9.17, 15) is 10.1 Å². The molecular formula is C25H20N4O. The number of hydrogen-bond acceptors (Lipinski definition) is 3. The molecule has 0 aliphatic carbocycles. The van der Waals surface area contributed by atoms with Crippen LogP contribution in [-0.4, -0.2) is 27.3 Å². The highest BCUT2D eigenvalue weighted by atomic mass is 16.2. The third-order valence-corrected chi connectivity index (χ3v) is 5.78. The minimum atomic E-state index is 0.00785. The molecule has 4 aromatic rings. The second-order valence-corrected chi connectivity index (χ2v) is 7.66. The molecule has 2 aromatic heterocycles. The zero-order chi connectivity index (χ0) is 20.7. The highest BCUT2D eigenvalue weighted by Gasteiger charge is 2.25. The number of hydrogen-bond donors (Lipinski definition) is 1. The first-order valence-corrected chi connectivity index (χ1v) is 9.99. The number of aromatic nitrogens is 2. The van der Waals surface area contributed by atoms with Gasteiger partial charge in [0.1, 0.15) is 0 Å². The summed E-state index contributed by atoms with van der Waals surface area (Å²) < 4.78 is 0. The molecule has 1 aliphatic heterocycles. The van der Waals surface area contributed by atoms with Crippen molar-refractivity contribution < 1.29 is 4.79 Å². The fourth-order valence-corrected chi connectivity index (χ4v) is 4.16. The molecule has 0 atom stereocenters. The van der Waals surface area contributed by atoms with Crippen molar-refractivity contribution in [3.8, 4) is 17.2 Å². The Morgan fingerprint density at radius 3 is 2.83 bits per heavy atom. The predicted octanol–water partition coefficient (Wildman–Crippen LogP) is 4.61. The third-order valence-electron chi connectivity index (χ3n) is 5.78. The maximum atomic E-state index is 13.0. The lowest BCUT2D eigenvalue weighted by Crippen LogP contribution is -2.35. The van der Waals surface area contributed by atoms with Gasteiger partial charge in [-0.15, -0.1) is 0 Å². The van der Waals surface area contributed by atoms with Gasteiger partial charge < -0.3 is 9.88 Å². The van der Waals surface area contributed by atoms with E-state index in [4.69, 9.17) is 0 Å². The molecule has 0 bridgehead atoms. The van der Waals surface area contributed by atoms with Crippen LogP contribution in [0.15, 0.2) is 60.8 Å². The minimum absolute atomic E-state index is 0.00785. The Balaban J connectivity index is 1.52. The number of benzene rings is 2. The van der Waals surface area contributed by atoms with E-state index in [1.54, 1.807) is 6.20 Å². The molecule has 5 rings (SSSR count). The Kier molecular flexibility index (Phi) is 4.33. The number of nitriles is 1. The summed E-state index contributed by atoms with van der Waals surface area (Å²) in [4.78, 5) is 22.7. The maximum Gasteiger partial charge on any atom is 0.255 e. The number of H-pyrrole nitrogens is 1. The number of amides is 1. The largest absolute Gasteiger partial charge is 0.358 e. The molecule has 146 valence electrons. The SMILES string of the molecule is Cc1ccc(C(=O)N2CCc3[nH]c4ccc(-c5ccccc5C#N)cc4c3C2)cn1. The van der Waals surface area contributed by atoms with Crippen LogP contribution in [0.25, 0.3) is 22.0 Å². The summed E-state index contributed by atoms with van der Waals surface area (Å²) in [6.45, 7) is 3.15. The first-order valence-electron chi connectivity index (χ1n) is 9.99. The summed E-state index contributed by atoms with van der Waals surface area (Å²) in [7, 11) is 0. The molecule has 1 amide bonds. The fourth-order valence-electron chi connectivity index (χ4n) is 4.16. The van der Waals surface area contributed by atoms with Crippen LogP contribution in [0.4, 0.5) is 0 Å². The summed E-state index contributed by atoms with van der Waals surface area (Å²) in [6, 6.07) is 19.8. The van der Waals surface area contributed by atoms with Gasteiger partial charge in [-0.25, -0.2) is 0 Å². The number of pyridine rings is 1. The van der Waals surface area contributed by atoms with Crippen molar-refractivity contribution in [2.24, 2.45) is 0 Å². The molecule has 0 radical (unpaired) electrons. The molecule has 0 saturated carbocycles. The Morgan fingerprint density at radius 1 is 1.17 bits per heavy atom. The third kappa shape index (κ3) is 3.03. The summed E-state index contributed by atoms with van der Waals surface area (Å²) >= 11 is 0. The Bertz CT molecular complexity index is 1310. The highest BCUT2D eigenvalue weighted by Crippen LogP contribution is 2.33. The van der Waals surface area contributed by atoms with Gasteiger partial charge in [-0.3, -0.25) is 9.78 Å². The average molecular weight is 392 g/mol. The van der Waals surface area contributed by atoms with E-state index in [0.717, 1.165) is 39.7 Å². The standard InChI is InChI=1S/C25H20N4O/c1-16-6-7-19(14-27-16)25(30)29-11-10-24-22(15-29)21-12-17(8-9-23(21)28-24)20-5-3-2-4-18(20)13-26/h2-9,12,14,28H,10-11,15H2,1H3. The topological polar surface area (TPSA) is 72.8 Å². The van der Waals surface area contributed by atoms with E-state index in [2.05, 4.69) is 28.2 Å². The number of aryl methyl sites for hydroxylation is 1. The van der Waals surface area contributed by atoms with Crippen LogP contribution < -0.4 is 0 Å². The molecule has 0 fully saturated rings. The zero-order valence-electron chi connectivity index (χ0n) is 16.6. The lowest BCUT2D eigenvalue weighted by atomic mass is 9.97. The van der Waals surface area contributed by atoms with Crippen molar-refractivity contribution in [2.75, 3.05) is 6.54 Å². The predicted molar refractivity (Wildman–Crippen MR) is 116 cm³/mol. The van der Waals surface area contributed by atoms with Gasteiger partial charge in [-0.2, -0.15) is 5.26 Å². The molecule has 1 N–H and O–H groups in total. The summed E-state index contributed by atoms with van der Waals surface area (Å²) in [5.74, 6) is 0.00785. The van der Waals surface area contributed by atoms with E-state index in [-0.39, 0.29) is 5.91 Å². The van der Waals surface area contributed by atoms with Gasteiger partial charge in [-0.05, 0) is 48.4 Å². The first kappa shape index (κ1) is 18.1. The average Bonchev–Trinajstić information content (AvgIpc) is 3.16. The summed E-state index contributed by atoms with van der Waals surface area (Å²) in [5, 5.41) is 10.6. The van der Waals surface area contributed by atoms with Crippen LogP contribution in [0.5, 0.6) is 0 Å². The molecule has 0 saturated heterocycles. The molecule has 5 nitrogen and oxygen atoms in total. The van der Waals surface area contributed by atoms with E-state index in [0.29, 0.717) is 24.2 Å². The number of nitrogens with one attached hydrogen (secondary N) is 1. The summed E-state index contributed by atoms with van der Waals surface area (Å²) in [6.07, 6.45) is 2.44. The lowest BCUT2D eigenvalue weighted by Gasteiger charge is -2.27. The number of fused-ring (bicyclic) bond motifs is 3. The zero-order valence-corrected chi connectivity index (χ0v) is 16.6. The number of aromatic amines is 1. The molecule has 2 aromatic carbocycles. The van der Waals surface area contributed by atoms with Crippen LogP contribution in [0.3, 0.4) is 0 Å². The van der Waals surface area contributed by atoms with Crippen molar-refractivity contribution in [3.05, 3.63) is 88.9 Å². The Morgan fingerprint density at radius 2 is 2.03 bits per heavy atom. The van der Waals surface area contributed by atoms with E-state index in [1.807, 2.05) is 54.3 Å². The van der Waals surface area contributed by atoms with Gasteiger partial charge >= 0.3 is 0 Å². The second-order valence-electron chi connectivity index (χ2n) is 7.66. The van der Waals surface area contributed by atoms with Gasteiger partial charge in [0.2, 0.25) is 0 Å². The van der Waals surface area contributed by atoms with Crippen LogP contribution in [-0.2, 0) is 13.0 Å². The highest BCUT2D eigenvalue weighted by molar-refractivity contribution is 5.95. The Hall–Kier alpha value is -3.91. The van der Waals surface area contributed by atoms with Crippen molar-refractivity contribution in [3.63, 3.8) is 0 Å². The quantitative estimate of drug-likeness (QED) is 0.541. The molecular weight excluding hydrogens is 372 g/mol. The summed E-state index contributed by atoms with van der Waals surface area (Å²) in [5.41, 5.74) is 7.50. The van der Waals surface area contributed by atoms with Gasteiger partial charge in [0.25, 0.3) is 5.91 Å². The smallest absolute Gasteiger partial charge is 0.255 e. The van der Waals surface area contributed by atoms with Crippen LogP contribution in [0.1, 0.15) is 32.9 Å². The van der Waals surface area contributed by atoms with Crippen molar-refractivity contribution in [1.82, 2.24) is 14.9 Å². The molecule has 1 aliphatic rings. The molecule has 5 heteroatoms. The van der Waals surface area contributed by atoms with E-state index in [1.165, 1.54) is 5.69 Å². The van der Waals surface area contributed by atoms with Gasteiger partial charge in [-0.1, -0.05) is 24.3 Å². The number of carbonyl (C=O) groups excluding carboxylic acids is 1.